The molecule has 0 aromatic heterocycles. The fourth-order valence-electron chi connectivity index (χ4n) is 1.98. The molecule has 0 aliphatic heterocycles. The quantitative estimate of drug-likeness (QED) is 0.332. The van der Waals surface area contributed by atoms with Crippen LogP contribution < -0.4 is 4.90 Å². The van der Waals surface area contributed by atoms with Crippen molar-refractivity contribution in [3.05, 3.63) is 64.7 Å². The van der Waals surface area contributed by atoms with E-state index < -0.39 is 0 Å². The third-order valence-electron chi connectivity index (χ3n) is 3.48. The Morgan fingerprint density at radius 1 is 1.15 bits per heavy atom. The number of rotatable bonds is 7. The number of azo groups is 1. The van der Waals surface area contributed by atoms with Crippen LogP contribution in [-0.2, 0) is 9.53 Å². The van der Waals surface area contributed by atoms with Gasteiger partial charge in [0.1, 0.15) is 12.3 Å². The SMILES string of the molecule is C=C(C)C(=O)OCCN(C)c1ccc(N=Nc2cc(Cl)ccc2Cl)cc1. The van der Waals surface area contributed by atoms with Crippen LogP contribution in [0.15, 0.2) is 64.8 Å². The van der Waals surface area contributed by atoms with Crippen molar-refractivity contribution in [2.45, 2.75) is 6.92 Å². The van der Waals surface area contributed by atoms with Gasteiger partial charge in [-0.05, 0) is 49.4 Å². The van der Waals surface area contributed by atoms with Gasteiger partial charge in [0.2, 0.25) is 0 Å². The van der Waals surface area contributed by atoms with Crippen LogP contribution >= 0.6 is 23.2 Å². The highest BCUT2D eigenvalue weighted by Crippen LogP contribution is 2.30. The Kier molecular flexibility index (Phi) is 7.18. The number of carbonyl (C=O) groups excluding carboxylic acids is 1. The minimum Gasteiger partial charge on any atom is -0.460 e. The summed E-state index contributed by atoms with van der Waals surface area (Å²) in [6, 6.07) is 12.5. The molecule has 0 spiro atoms. The van der Waals surface area contributed by atoms with Gasteiger partial charge < -0.3 is 9.64 Å². The Morgan fingerprint density at radius 3 is 2.50 bits per heavy atom. The molecule has 0 heterocycles. The summed E-state index contributed by atoms with van der Waals surface area (Å²) in [6.07, 6.45) is 0. The predicted molar refractivity (Wildman–Crippen MR) is 106 cm³/mol. The highest BCUT2D eigenvalue weighted by Gasteiger charge is 2.05. The van der Waals surface area contributed by atoms with Gasteiger partial charge in [-0.3, -0.25) is 0 Å². The first-order valence-electron chi connectivity index (χ1n) is 7.87. The second kappa shape index (κ2) is 9.36. The zero-order valence-corrected chi connectivity index (χ0v) is 16.1. The summed E-state index contributed by atoms with van der Waals surface area (Å²) in [7, 11) is 1.91. The third-order valence-corrected chi connectivity index (χ3v) is 4.03. The molecule has 5 nitrogen and oxygen atoms in total. The van der Waals surface area contributed by atoms with Gasteiger partial charge in [-0.15, -0.1) is 5.11 Å². The third kappa shape index (κ3) is 5.86. The molecule has 0 unspecified atom stereocenters. The average molecular weight is 392 g/mol. The van der Waals surface area contributed by atoms with Gasteiger partial charge in [0.05, 0.1) is 17.3 Å². The van der Waals surface area contributed by atoms with Crippen LogP contribution in [0.25, 0.3) is 0 Å². The van der Waals surface area contributed by atoms with E-state index in [0.29, 0.717) is 33.5 Å². The van der Waals surface area contributed by atoms with Crippen molar-refractivity contribution >= 4 is 46.2 Å². The number of nitrogens with zero attached hydrogens (tertiary/aromatic N) is 3. The van der Waals surface area contributed by atoms with Crippen LogP contribution in [-0.4, -0.2) is 26.2 Å². The van der Waals surface area contributed by atoms with E-state index in [0.717, 1.165) is 5.69 Å². The molecule has 2 rings (SSSR count). The lowest BCUT2D eigenvalue weighted by Gasteiger charge is -2.19. The molecule has 0 amide bonds. The van der Waals surface area contributed by atoms with Crippen molar-refractivity contribution in [1.82, 2.24) is 0 Å². The molecule has 0 bridgehead atoms. The number of halogens is 2. The van der Waals surface area contributed by atoms with Crippen molar-refractivity contribution in [2.75, 3.05) is 25.1 Å². The van der Waals surface area contributed by atoms with Gasteiger partial charge in [-0.25, -0.2) is 4.79 Å². The second-order valence-corrected chi connectivity index (χ2v) is 6.49. The molecule has 2 aromatic carbocycles. The van der Waals surface area contributed by atoms with Crippen LogP contribution in [0.5, 0.6) is 0 Å². The van der Waals surface area contributed by atoms with Crippen LogP contribution in [0.1, 0.15) is 6.92 Å². The van der Waals surface area contributed by atoms with Gasteiger partial charge in [0.15, 0.2) is 0 Å². The molecule has 0 atom stereocenters. The Hall–Kier alpha value is -2.37. The zero-order valence-electron chi connectivity index (χ0n) is 14.6. The van der Waals surface area contributed by atoms with Gasteiger partial charge in [-0.1, -0.05) is 29.8 Å². The van der Waals surface area contributed by atoms with Crippen molar-refractivity contribution in [2.24, 2.45) is 10.2 Å². The molecular formula is C19H19Cl2N3O2. The Labute approximate surface area is 162 Å². The molecular weight excluding hydrogens is 373 g/mol. The first kappa shape index (κ1) is 19.9. The molecule has 0 saturated carbocycles. The maximum Gasteiger partial charge on any atom is 0.333 e. The highest BCUT2D eigenvalue weighted by atomic mass is 35.5. The van der Waals surface area contributed by atoms with Crippen molar-refractivity contribution < 1.29 is 9.53 Å². The van der Waals surface area contributed by atoms with E-state index in [1.54, 1.807) is 25.1 Å². The normalized spacial score (nSPS) is 10.8. The van der Waals surface area contributed by atoms with E-state index in [1.807, 2.05) is 36.2 Å². The number of esters is 1. The molecule has 0 saturated heterocycles. The van der Waals surface area contributed by atoms with E-state index in [-0.39, 0.29) is 12.6 Å². The number of hydrogen-bond donors (Lipinski definition) is 0. The van der Waals surface area contributed by atoms with E-state index >= 15 is 0 Å². The average Bonchev–Trinajstić information content (AvgIpc) is 2.62. The lowest BCUT2D eigenvalue weighted by atomic mass is 10.2. The van der Waals surface area contributed by atoms with Gasteiger partial charge in [0, 0.05) is 23.3 Å². The molecule has 0 fully saturated rings. The summed E-state index contributed by atoms with van der Waals surface area (Å²) < 4.78 is 5.09. The van der Waals surface area contributed by atoms with Crippen LogP contribution in [0.4, 0.5) is 17.1 Å². The van der Waals surface area contributed by atoms with E-state index in [1.165, 1.54) is 0 Å². The fourth-order valence-corrected chi connectivity index (χ4v) is 2.30. The summed E-state index contributed by atoms with van der Waals surface area (Å²) in [6.45, 7) is 6.02. The molecule has 26 heavy (non-hydrogen) atoms. The standard InChI is InChI=1S/C19H19Cl2N3O2/c1-13(2)19(25)26-11-10-24(3)16-7-5-15(6-8-16)22-23-18-12-14(20)4-9-17(18)21/h4-9,12H,1,10-11H2,2-3H3. The second-order valence-electron chi connectivity index (χ2n) is 5.65. The Bertz CT molecular complexity index is 820. The molecule has 0 N–H and O–H groups in total. The molecule has 7 heteroatoms. The molecule has 136 valence electrons. The number of ether oxygens (including phenoxy) is 1. The number of benzene rings is 2. The van der Waals surface area contributed by atoms with Crippen molar-refractivity contribution in [3.8, 4) is 0 Å². The van der Waals surface area contributed by atoms with Crippen molar-refractivity contribution in [3.63, 3.8) is 0 Å². The van der Waals surface area contributed by atoms with Crippen LogP contribution in [0, 0.1) is 0 Å². The minimum absolute atomic E-state index is 0.289. The number of carbonyl (C=O) groups is 1. The van der Waals surface area contributed by atoms with E-state index in [9.17, 15) is 4.79 Å². The van der Waals surface area contributed by atoms with Gasteiger partial charge in [-0.2, -0.15) is 5.11 Å². The highest BCUT2D eigenvalue weighted by molar-refractivity contribution is 6.35. The Balaban J connectivity index is 1.95. The number of hydrogen-bond acceptors (Lipinski definition) is 5. The minimum atomic E-state index is -0.381. The molecule has 0 aliphatic carbocycles. The maximum absolute atomic E-state index is 11.4. The smallest absolute Gasteiger partial charge is 0.333 e. The predicted octanol–water partition coefficient (Wildman–Crippen LogP) is 5.96. The lowest BCUT2D eigenvalue weighted by molar-refractivity contribution is -0.138. The lowest BCUT2D eigenvalue weighted by Crippen LogP contribution is -2.23. The van der Waals surface area contributed by atoms with E-state index in [2.05, 4.69) is 16.8 Å². The first-order valence-corrected chi connectivity index (χ1v) is 8.63. The summed E-state index contributed by atoms with van der Waals surface area (Å²) in [5, 5.41) is 9.33. The number of anilines is 1. The van der Waals surface area contributed by atoms with Crippen LogP contribution in [0.2, 0.25) is 10.0 Å². The first-order chi connectivity index (χ1) is 12.4. The topological polar surface area (TPSA) is 54.3 Å². The van der Waals surface area contributed by atoms with Crippen LogP contribution in [0.3, 0.4) is 0 Å². The number of likely N-dealkylation sites (N-methyl/N-ethyl adjacent to an activating group) is 1. The van der Waals surface area contributed by atoms with Gasteiger partial charge >= 0.3 is 5.97 Å². The molecule has 2 aromatic rings. The zero-order chi connectivity index (χ0) is 19.1. The monoisotopic (exact) mass is 391 g/mol. The van der Waals surface area contributed by atoms with Crippen molar-refractivity contribution in [1.29, 1.82) is 0 Å². The largest absolute Gasteiger partial charge is 0.460 e. The maximum atomic E-state index is 11.4. The molecule has 0 aliphatic rings. The van der Waals surface area contributed by atoms with Gasteiger partial charge in [0.25, 0.3) is 0 Å². The molecule has 0 radical (unpaired) electrons. The van der Waals surface area contributed by atoms with E-state index in [4.69, 9.17) is 27.9 Å². The summed E-state index contributed by atoms with van der Waals surface area (Å²) in [5.74, 6) is -0.381. The summed E-state index contributed by atoms with van der Waals surface area (Å²) in [4.78, 5) is 13.3. The summed E-state index contributed by atoms with van der Waals surface area (Å²) >= 11 is 12.0. The fraction of sp³-hybridized carbons (Fsp3) is 0.211. The Morgan fingerprint density at radius 2 is 1.85 bits per heavy atom. The summed E-state index contributed by atoms with van der Waals surface area (Å²) in [5.41, 5.74) is 2.56.